The van der Waals surface area contributed by atoms with Crippen molar-refractivity contribution in [1.29, 1.82) is 0 Å². The molecule has 1 rings (SSSR count). The molecule has 0 saturated heterocycles. The van der Waals surface area contributed by atoms with Crippen molar-refractivity contribution in [1.82, 2.24) is 5.32 Å². The predicted molar refractivity (Wildman–Crippen MR) is 72.4 cm³/mol. The normalized spacial score (nSPS) is 12.4. The highest BCUT2D eigenvalue weighted by Crippen LogP contribution is 2.19. The number of rotatable bonds is 7. The van der Waals surface area contributed by atoms with Crippen LogP contribution in [-0.2, 0) is 0 Å². The molecule has 1 N–H and O–H groups in total. The Morgan fingerprint density at radius 1 is 1.31 bits per heavy atom. The van der Waals surface area contributed by atoms with Gasteiger partial charge in [-0.2, -0.15) is 11.8 Å². The van der Waals surface area contributed by atoms with Crippen LogP contribution in [0.1, 0.15) is 24.9 Å². The molecule has 0 fully saturated rings. The molecule has 16 heavy (non-hydrogen) atoms. The smallest absolute Gasteiger partial charge is 0.118 e. The average Bonchev–Trinajstić information content (AvgIpc) is 2.35. The number of benzene rings is 1. The molecule has 2 nitrogen and oxygen atoms in total. The molecule has 0 bridgehead atoms. The summed E-state index contributed by atoms with van der Waals surface area (Å²) in [6.45, 7) is 3.27. The van der Waals surface area contributed by atoms with E-state index < -0.39 is 0 Å². The van der Waals surface area contributed by atoms with Gasteiger partial charge in [0.05, 0.1) is 7.11 Å². The second-order valence-electron chi connectivity index (χ2n) is 3.68. The minimum atomic E-state index is 0.457. The van der Waals surface area contributed by atoms with Gasteiger partial charge in [-0.1, -0.05) is 19.1 Å². The van der Waals surface area contributed by atoms with Crippen molar-refractivity contribution in [2.45, 2.75) is 19.4 Å². The second-order valence-corrected chi connectivity index (χ2v) is 4.67. The van der Waals surface area contributed by atoms with Gasteiger partial charge >= 0.3 is 0 Å². The summed E-state index contributed by atoms with van der Waals surface area (Å²) in [6.07, 6.45) is 3.25. The van der Waals surface area contributed by atoms with Gasteiger partial charge in [0.1, 0.15) is 5.75 Å². The number of hydrogen-bond acceptors (Lipinski definition) is 3. The molecule has 1 unspecified atom stereocenters. The van der Waals surface area contributed by atoms with Gasteiger partial charge in [-0.25, -0.2) is 0 Å². The molecule has 3 heteroatoms. The lowest BCUT2D eigenvalue weighted by molar-refractivity contribution is 0.414. The second kappa shape index (κ2) is 7.58. The number of methoxy groups -OCH3 is 1. The SMILES string of the molecule is CCC(NCCSC)c1ccc(OC)cc1. The lowest BCUT2D eigenvalue weighted by atomic mass is 10.0. The number of ether oxygens (including phenoxy) is 1. The number of hydrogen-bond donors (Lipinski definition) is 1. The minimum absolute atomic E-state index is 0.457. The standard InChI is InChI=1S/C13H21NOS/c1-4-13(14-9-10-16-3)11-5-7-12(15-2)8-6-11/h5-8,13-14H,4,9-10H2,1-3H3. The number of thioether (sulfide) groups is 1. The summed E-state index contributed by atoms with van der Waals surface area (Å²) in [5, 5.41) is 3.56. The molecule has 1 aromatic carbocycles. The fraction of sp³-hybridized carbons (Fsp3) is 0.538. The summed E-state index contributed by atoms with van der Waals surface area (Å²) in [7, 11) is 1.70. The van der Waals surface area contributed by atoms with Crippen LogP contribution in [0.3, 0.4) is 0 Å². The summed E-state index contributed by atoms with van der Waals surface area (Å²) >= 11 is 1.87. The summed E-state index contributed by atoms with van der Waals surface area (Å²) < 4.78 is 5.16. The van der Waals surface area contributed by atoms with Gasteiger partial charge in [0.15, 0.2) is 0 Å². The lowest BCUT2D eigenvalue weighted by Gasteiger charge is -2.17. The maximum atomic E-state index is 5.16. The Hall–Kier alpha value is -0.670. The summed E-state index contributed by atoms with van der Waals surface area (Å²) in [6, 6.07) is 8.78. The quantitative estimate of drug-likeness (QED) is 0.739. The first kappa shape index (κ1) is 13.4. The molecule has 0 heterocycles. The van der Waals surface area contributed by atoms with Gasteiger partial charge < -0.3 is 10.1 Å². The zero-order chi connectivity index (χ0) is 11.8. The van der Waals surface area contributed by atoms with Crippen molar-refractivity contribution in [3.05, 3.63) is 29.8 Å². The Kier molecular flexibility index (Phi) is 6.34. The van der Waals surface area contributed by atoms with Crippen LogP contribution in [0.15, 0.2) is 24.3 Å². The third-order valence-electron chi connectivity index (χ3n) is 2.62. The van der Waals surface area contributed by atoms with Crippen LogP contribution in [0.25, 0.3) is 0 Å². The summed E-state index contributed by atoms with van der Waals surface area (Å²) in [5.41, 5.74) is 1.34. The molecule has 1 aromatic rings. The van der Waals surface area contributed by atoms with E-state index in [1.807, 2.05) is 23.9 Å². The molecular formula is C13H21NOS. The highest BCUT2D eigenvalue weighted by Gasteiger charge is 2.07. The zero-order valence-electron chi connectivity index (χ0n) is 10.3. The molecule has 0 amide bonds. The van der Waals surface area contributed by atoms with E-state index in [-0.39, 0.29) is 0 Å². The van der Waals surface area contributed by atoms with Gasteiger partial charge in [0.25, 0.3) is 0 Å². The van der Waals surface area contributed by atoms with E-state index in [0.29, 0.717) is 6.04 Å². The Morgan fingerprint density at radius 2 is 2.00 bits per heavy atom. The van der Waals surface area contributed by atoms with E-state index in [1.54, 1.807) is 7.11 Å². The molecule has 0 aromatic heterocycles. The monoisotopic (exact) mass is 239 g/mol. The first-order valence-corrected chi connectivity index (χ1v) is 7.07. The maximum Gasteiger partial charge on any atom is 0.118 e. The molecule has 1 atom stereocenters. The highest BCUT2D eigenvalue weighted by atomic mass is 32.2. The van der Waals surface area contributed by atoms with Crippen LogP contribution in [-0.4, -0.2) is 25.7 Å². The van der Waals surface area contributed by atoms with Crippen molar-refractivity contribution in [3.8, 4) is 5.75 Å². The van der Waals surface area contributed by atoms with E-state index in [9.17, 15) is 0 Å². The molecular weight excluding hydrogens is 218 g/mol. The van der Waals surface area contributed by atoms with E-state index >= 15 is 0 Å². The van der Waals surface area contributed by atoms with Crippen molar-refractivity contribution in [3.63, 3.8) is 0 Å². The third kappa shape index (κ3) is 4.06. The van der Waals surface area contributed by atoms with Crippen molar-refractivity contribution < 1.29 is 4.74 Å². The maximum absolute atomic E-state index is 5.16. The summed E-state index contributed by atoms with van der Waals surface area (Å²) in [5.74, 6) is 2.08. The topological polar surface area (TPSA) is 21.3 Å². The number of nitrogens with one attached hydrogen (secondary N) is 1. The molecule has 0 radical (unpaired) electrons. The molecule has 0 aliphatic heterocycles. The first-order chi connectivity index (χ1) is 7.81. The van der Waals surface area contributed by atoms with Crippen LogP contribution in [0.2, 0.25) is 0 Å². The fourth-order valence-corrected chi connectivity index (χ4v) is 1.99. The van der Waals surface area contributed by atoms with Crippen molar-refractivity contribution in [2.24, 2.45) is 0 Å². The van der Waals surface area contributed by atoms with E-state index in [2.05, 4.69) is 30.6 Å². The Balaban J connectivity index is 2.56. The molecule has 0 aliphatic carbocycles. The highest BCUT2D eigenvalue weighted by molar-refractivity contribution is 7.98. The van der Waals surface area contributed by atoms with Gasteiger partial charge in [-0.3, -0.25) is 0 Å². The molecule has 90 valence electrons. The van der Waals surface area contributed by atoms with Crippen LogP contribution in [0.5, 0.6) is 5.75 Å². The molecule has 0 aliphatic rings. The third-order valence-corrected chi connectivity index (χ3v) is 3.24. The Morgan fingerprint density at radius 3 is 2.50 bits per heavy atom. The van der Waals surface area contributed by atoms with Gasteiger partial charge in [0.2, 0.25) is 0 Å². The Bertz CT molecular complexity index is 286. The molecule has 0 spiro atoms. The summed E-state index contributed by atoms with van der Waals surface area (Å²) in [4.78, 5) is 0. The van der Waals surface area contributed by atoms with Gasteiger partial charge in [-0.05, 0) is 30.4 Å². The van der Waals surface area contributed by atoms with Crippen LogP contribution in [0, 0.1) is 0 Å². The Labute approximate surface area is 103 Å². The van der Waals surface area contributed by atoms with Crippen molar-refractivity contribution in [2.75, 3.05) is 25.7 Å². The minimum Gasteiger partial charge on any atom is -0.497 e. The van der Waals surface area contributed by atoms with E-state index in [1.165, 1.54) is 5.56 Å². The lowest BCUT2D eigenvalue weighted by Crippen LogP contribution is -2.23. The van der Waals surface area contributed by atoms with Gasteiger partial charge in [-0.15, -0.1) is 0 Å². The first-order valence-electron chi connectivity index (χ1n) is 5.68. The predicted octanol–water partition coefficient (Wildman–Crippen LogP) is 3.10. The molecule has 0 saturated carbocycles. The van der Waals surface area contributed by atoms with Crippen LogP contribution >= 0.6 is 11.8 Å². The van der Waals surface area contributed by atoms with Gasteiger partial charge in [0, 0.05) is 18.3 Å². The van der Waals surface area contributed by atoms with E-state index in [0.717, 1.165) is 24.5 Å². The van der Waals surface area contributed by atoms with Crippen molar-refractivity contribution >= 4 is 11.8 Å². The van der Waals surface area contributed by atoms with Crippen LogP contribution in [0.4, 0.5) is 0 Å². The zero-order valence-corrected chi connectivity index (χ0v) is 11.1. The average molecular weight is 239 g/mol. The largest absolute Gasteiger partial charge is 0.497 e. The van der Waals surface area contributed by atoms with Crippen LogP contribution < -0.4 is 10.1 Å². The van der Waals surface area contributed by atoms with E-state index in [4.69, 9.17) is 4.74 Å². The fourth-order valence-electron chi connectivity index (χ4n) is 1.67.